The third-order valence-electron chi connectivity index (χ3n) is 17.1. The van der Waals surface area contributed by atoms with Crippen molar-refractivity contribution < 1.29 is 64.6 Å². The number of nitrogen functional groups attached to an aromatic ring is 2. The molecule has 500 valence electrons. The quantitative estimate of drug-likeness (QED) is 0.0887. The number of carboxylic acids is 1. The largest absolute Gasteiger partial charge is 1.00 e. The number of ether oxygens (including phenoxy) is 4. The Labute approximate surface area is 599 Å². The number of thioether (sulfide) groups is 2. The fraction of sp³-hybridized carbons (Fsp3) is 0.455. The van der Waals surface area contributed by atoms with Crippen LogP contribution in [0.25, 0.3) is 11.0 Å². The molecule has 95 heavy (non-hydrogen) atoms. The third kappa shape index (κ3) is 19.4. The molecule has 0 bridgehead atoms. The number of fused-ring (bicyclic) bond motifs is 2. The average molecular weight is 1400 g/mol. The number of carbonyl (C=O) groups is 2. The number of carboxylic acid groups (broad SMARTS) is 1. The van der Waals surface area contributed by atoms with E-state index in [1.165, 1.54) is 49.1 Å². The number of halogens is 3. The maximum Gasteiger partial charge on any atom is 1.00 e. The Bertz CT molecular complexity index is 3810. The van der Waals surface area contributed by atoms with E-state index in [-0.39, 0.29) is 89.4 Å². The normalized spacial score (nSPS) is 19.7. The third-order valence-corrected chi connectivity index (χ3v) is 19.2. The number of hydrogen-bond acceptors (Lipinski definition) is 22. The minimum Gasteiger partial charge on any atom is -1.00 e. The topological polar surface area (TPSA) is 308 Å². The van der Waals surface area contributed by atoms with E-state index in [0.29, 0.717) is 102 Å². The Morgan fingerprint density at radius 2 is 1.04 bits per heavy atom. The molecule has 4 saturated heterocycles. The van der Waals surface area contributed by atoms with E-state index in [1.807, 2.05) is 73.2 Å². The van der Waals surface area contributed by atoms with Gasteiger partial charge in [-0.05, 0) is 136 Å². The summed E-state index contributed by atoms with van der Waals surface area (Å²) in [5.74, 6) is -0.164. The van der Waals surface area contributed by atoms with Crippen molar-refractivity contribution in [1.82, 2.24) is 49.7 Å². The van der Waals surface area contributed by atoms with E-state index < -0.39 is 5.97 Å². The van der Waals surface area contributed by atoms with Crippen LogP contribution in [0.1, 0.15) is 163 Å². The zero-order valence-electron chi connectivity index (χ0n) is 54.5. The van der Waals surface area contributed by atoms with Gasteiger partial charge in [-0.15, -0.1) is 0 Å². The van der Waals surface area contributed by atoms with Crippen molar-refractivity contribution >= 4 is 109 Å². The molecular weight excluding hydrogens is 1320 g/mol. The molecule has 29 heteroatoms. The molecule has 4 aromatic heterocycles. The summed E-state index contributed by atoms with van der Waals surface area (Å²) in [6.07, 6.45) is 18.3. The van der Waals surface area contributed by atoms with Crippen molar-refractivity contribution in [3.8, 4) is 0 Å². The molecule has 7 N–H and O–H groups in total. The van der Waals surface area contributed by atoms with E-state index in [9.17, 15) is 14.4 Å². The fourth-order valence-electron chi connectivity index (χ4n) is 12.0. The molecule has 7 aliphatic rings. The van der Waals surface area contributed by atoms with E-state index in [4.69, 9.17) is 80.3 Å². The summed E-state index contributed by atoms with van der Waals surface area (Å²) in [5.41, 5.74) is 19.4. The number of carbonyl (C=O) groups excluding carboxylic acids is 1. The van der Waals surface area contributed by atoms with E-state index >= 15 is 0 Å². The number of benzene rings is 3. The molecule has 3 aromatic carbocycles. The number of aromatic carboxylic acids is 1. The number of aromatic nitrogens is 8. The number of nitrogens with two attached hydrogens (primary N) is 2. The van der Waals surface area contributed by atoms with Crippen LogP contribution in [0.3, 0.4) is 0 Å². The Balaban J connectivity index is 0.000000164. The van der Waals surface area contributed by atoms with Gasteiger partial charge in [-0.25, -0.2) is 39.7 Å². The molecule has 3 unspecified atom stereocenters. The molecular formula is C66H79Cl3N15NaO8S2. The van der Waals surface area contributed by atoms with Gasteiger partial charge in [-0.3, -0.25) is 29.0 Å². The number of hydrogen-bond donors (Lipinski definition) is 5. The van der Waals surface area contributed by atoms with Crippen LogP contribution in [0.4, 0.5) is 17.3 Å². The van der Waals surface area contributed by atoms with Crippen LogP contribution in [-0.2, 0) is 25.5 Å². The summed E-state index contributed by atoms with van der Waals surface area (Å²) in [4.78, 5) is 78.0. The first kappa shape index (κ1) is 73.2. The summed E-state index contributed by atoms with van der Waals surface area (Å²) >= 11 is 21.0. The maximum atomic E-state index is 13.3. The molecule has 7 aromatic rings. The van der Waals surface area contributed by atoms with E-state index in [1.54, 1.807) is 21.2 Å². The van der Waals surface area contributed by atoms with Gasteiger partial charge in [-0.2, -0.15) is 0 Å². The van der Waals surface area contributed by atoms with Crippen LogP contribution in [0.2, 0.25) is 15.1 Å². The number of amides is 1. The number of nitrogens with one attached hydrogen (secondary N) is 2. The first-order valence-electron chi connectivity index (χ1n) is 31.6. The van der Waals surface area contributed by atoms with Crippen LogP contribution in [0.5, 0.6) is 0 Å². The van der Waals surface area contributed by atoms with E-state index in [2.05, 4.69) is 57.7 Å². The van der Waals surface area contributed by atoms with Crippen molar-refractivity contribution in [3.05, 3.63) is 162 Å². The number of nitrogens with zero attached hydrogens (tertiary/aromatic N) is 11. The predicted octanol–water partition coefficient (Wildman–Crippen LogP) is 8.86. The zero-order valence-corrected chi connectivity index (χ0v) is 59.4. The Morgan fingerprint density at radius 1 is 0.568 bits per heavy atom. The Hall–Kier alpha value is -6.07. The van der Waals surface area contributed by atoms with Crippen LogP contribution < -0.4 is 57.2 Å². The number of rotatable bonds is 8. The van der Waals surface area contributed by atoms with Crippen LogP contribution in [-0.4, -0.2) is 150 Å². The van der Waals surface area contributed by atoms with Crippen molar-refractivity contribution in [3.63, 3.8) is 0 Å². The summed E-state index contributed by atoms with van der Waals surface area (Å²) in [6, 6.07) is 23.9. The smallest absolute Gasteiger partial charge is 1.00 e. The van der Waals surface area contributed by atoms with Gasteiger partial charge in [0.25, 0.3) is 11.5 Å². The first-order chi connectivity index (χ1) is 45.8. The van der Waals surface area contributed by atoms with Gasteiger partial charge in [0, 0.05) is 105 Å². The van der Waals surface area contributed by atoms with Gasteiger partial charge in [0.05, 0.1) is 46.6 Å². The minimum atomic E-state index is -1.12. The molecule has 11 heterocycles. The molecule has 1 amide bonds. The molecule has 0 aliphatic carbocycles. The van der Waals surface area contributed by atoms with Crippen LogP contribution in [0.15, 0.2) is 107 Å². The van der Waals surface area contributed by atoms with Gasteiger partial charge in [0.15, 0.2) is 27.2 Å². The van der Waals surface area contributed by atoms with Gasteiger partial charge < -0.3 is 47.6 Å². The second-order valence-electron chi connectivity index (χ2n) is 23.1. The Kier molecular flexibility index (Phi) is 28.1. The van der Waals surface area contributed by atoms with Gasteiger partial charge >= 0.3 is 35.5 Å². The van der Waals surface area contributed by atoms with Crippen molar-refractivity contribution in [2.75, 3.05) is 95.2 Å². The minimum absolute atomic E-state index is 0. The van der Waals surface area contributed by atoms with Gasteiger partial charge in [0.2, 0.25) is 5.95 Å². The van der Waals surface area contributed by atoms with Crippen LogP contribution >= 0.6 is 58.3 Å². The molecule has 23 nitrogen and oxygen atoms in total. The molecule has 0 saturated carbocycles. The van der Waals surface area contributed by atoms with Gasteiger partial charge in [0.1, 0.15) is 24.5 Å². The Morgan fingerprint density at radius 3 is 1.55 bits per heavy atom. The predicted molar refractivity (Wildman–Crippen MR) is 372 cm³/mol. The second-order valence-corrected chi connectivity index (χ2v) is 25.9. The molecule has 3 atom stereocenters. The summed E-state index contributed by atoms with van der Waals surface area (Å²) in [5, 5.41) is 19.6. The van der Waals surface area contributed by atoms with Crippen molar-refractivity contribution in [1.29, 1.82) is 0 Å². The SMILES string of the molecule is C1CCOC1.CSC1=NC(c2ccc(Cl)cc2)CCN1C(=O)c1ncnc(C2CCOCC2)c1N.CSC1=NCCC(c2ccc(Cl)cc2)N1.Nc1c(C(=O)O)ncnc1C1CCOCC1.O=c1c2ncnc(C3CCOCC3)c2nc2n1CCC(c1ccc(Cl)cc1)N2.[H-].[Na+]. The number of amidine groups is 2. The average Bonchev–Trinajstić information content (AvgIpc) is 0.801. The van der Waals surface area contributed by atoms with Crippen molar-refractivity contribution in [2.24, 2.45) is 9.98 Å². The molecule has 0 radical (unpaired) electrons. The maximum absolute atomic E-state index is 13.3. The second kappa shape index (κ2) is 36.5. The summed E-state index contributed by atoms with van der Waals surface area (Å²) in [6.45, 7) is 8.13. The first-order valence-corrected chi connectivity index (χ1v) is 35.2. The van der Waals surface area contributed by atoms with Gasteiger partial charge in [-0.1, -0.05) is 94.7 Å². The molecule has 14 rings (SSSR count). The molecule has 4 fully saturated rings. The number of aliphatic imine (C=N–C) groups is 2. The summed E-state index contributed by atoms with van der Waals surface area (Å²) in [7, 11) is 0. The van der Waals surface area contributed by atoms with E-state index in [0.717, 1.165) is 110 Å². The zero-order chi connectivity index (χ0) is 65.9. The number of anilines is 3. The van der Waals surface area contributed by atoms with Crippen LogP contribution in [0, 0.1) is 0 Å². The molecule has 0 spiro atoms. The summed E-state index contributed by atoms with van der Waals surface area (Å²) < 4.78 is 22.8. The monoisotopic (exact) mass is 1400 g/mol. The molecule has 7 aliphatic heterocycles. The van der Waals surface area contributed by atoms with Crippen molar-refractivity contribution in [2.45, 2.75) is 113 Å². The fourth-order valence-corrected chi connectivity index (χ4v) is 13.5. The standard InChI is InChI=1S/C21H24ClN5O2S.C20H20ClN5O2.C11H13ClN2S.C10H13N3O3.C4H8O.Na.H/c1-30-21-26-16(13-2-4-15(22)5-3-13)6-9-27(21)20(28)19-17(23)18(24-12-25-19)14-7-10-29-11-8-14;21-14-3-1-12(2-4-14)15-5-8-26-19(27)18-17(25-20(26)24-15)16(22-11-23-18)13-6-9-28-10-7-13;1-15-11-13-7-6-10(14-11)8-2-4-9(12)5-3-8;11-7-8(6-1-3-16-4-2-6)12-5-13-9(7)10(14)15;1-2-4-5-3-1;;/h2-5,12,14,16H,6-11,23H2,1H3;1-4,11,13,15H,5-10H2,(H,24,25);2-5,10H,6-7H2,1H3,(H,13,14);5-6H,1-4,11H2,(H,14,15);1-4H2;;/q;;;;;+1;-1.